The molecule has 0 aliphatic heterocycles. The van der Waals surface area contributed by atoms with Crippen molar-refractivity contribution >= 4 is 28.4 Å². The molecule has 20 heavy (non-hydrogen) atoms. The first-order chi connectivity index (χ1) is 9.38. The summed E-state index contributed by atoms with van der Waals surface area (Å²) in [6.07, 6.45) is -4.83. The van der Waals surface area contributed by atoms with E-state index in [-0.39, 0.29) is 5.56 Å². The van der Waals surface area contributed by atoms with Gasteiger partial charge in [0.25, 0.3) is 0 Å². The average molecular weight is 392 g/mol. The highest BCUT2D eigenvalue weighted by Crippen LogP contribution is 2.28. The predicted molar refractivity (Wildman–Crippen MR) is 75.7 cm³/mol. The molecule has 2 aromatic rings. The summed E-state index contributed by atoms with van der Waals surface area (Å²) in [5, 5.41) is 0. The maximum absolute atomic E-state index is 12.3. The molecule has 2 rings (SSSR count). The van der Waals surface area contributed by atoms with Gasteiger partial charge in [0, 0.05) is 9.13 Å². The minimum atomic E-state index is -4.83. The van der Waals surface area contributed by atoms with E-state index < -0.39 is 17.9 Å². The van der Waals surface area contributed by atoms with Crippen molar-refractivity contribution in [3.05, 3.63) is 63.2 Å². The smallest absolute Gasteiger partial charge is 0.405 e. The first kappa shape index (κ1) is 14.8. The van der Waals surface area contributed by atoms with Crippen LogP contribution in [0.5, 0.6) is 5.75 Å². The van der Waals surface area contributed by atoms with Crippen molar-refractivity contribution in [2.24, 2.45) is 0 Å². The van der Waals surface area contributed by atoms with E-state index >= 15 is 0 Å². The summed E-state index contributed by atoms with van der Waals surface area (Å²) in [5.74, 6) is -1.00. The van der Waals surface area contributed by atoms with Gasteiger partial charge in [-0.2, -0.15) is 0 Å². The highest BCUT2D eigenvalue weighted by molar-refractivity contribution is 14.1. The second kappa shape index (κ2) is 5.82. The van der Waals surface area contributed by atoms with E-state index in [4.69, 9.17) is 0 Å². The van der Waals surface area contributed by atoms with Crippen LogP contribution >= 0.6 is 22.6 Å². The van der Waals surface area contributed by atoms with Crippen LogP contribution in [0.2, 0.25) is 0 Å². The highest BCUT2D eigenvalue weighted by atomic mass is 127. The quantitative estimate of drug-likeness (QED) is 0.571. The summed E-state index contributed by atoms with van der Waals surface area (Å²) in [6, 6.07) is 12.0. The number of halogens is 4. The number of hydrogen-bond donors (Lipinski definition) is 0. The van der Waals surface area contributed by atoms with Gasteiger partial charge in [0.2, 0.25) is 0 Å². The molecule has 0 aliphatic carbocycles. The minimum Gasteiger partial charge on any atom is -0.405 e. The van der Waals surface area contributed by atoms with Crippen LogP contribution in [0.15, 0.2) is 48.5 Å². The standard InChI is InChI=1S/C14H8F3IO2/c15-14(16,17)20-12-8-4-2-6-10(12)13(19)9-5-1-3-7-11(9)18/h1-8H. The molecular weight excluding hydrogens is 384 g/mol. The van der Waals surface area contributed by atoms with E-state index in [9.17, 15) is 18.0 Å². The van der Waals surface area contributed by atoms with Crippen molar-refractivity contribution in [2.75, 3.05) is 0 Å². The Morgan fingerprint density at radius 3 is 2.10 bits per heavy atom. The van der Waals surface area contributed by atoms with Gasteiger partial charge in [0.1, 0.15) is 5.75 Å². The van der Waals surface area contributed by atoms with Gasteiger partial charge in [-0.05, 0) is 46.9 Å². The average Bonchev–Trinajstić information content (AvgIpc) is 2.37. The molecule has 0 atom stereocenters. The molecule has 0 saturated carbocycles. The lowest BCUT2D eigenvalue weighted by Gasteiger charge is -2.12. The number of rotatable bonds is 3. The molecule has 0 spiro atoms. The van der Waals surface area contributed by atoms with E-state index in [0.717, 1.165) is 6.07 Å². The van der Waals surface area contributed by atoms with E-state index in [1.165, 1.54) is 18.2 Å². The number of hydrogen-bond acceptors (Lipinski definition) is 2. The van der Waals surface area contributed by atoms with Crippen molar-refractivity contribution in [3.8, 4) is 5.75 Å². The summed E-state index contributed by atoms with van der Waals surface area (Å²) >= 11 is 1.96. The van der Waals surface area contributed by atoms with Crippen LogP contribution in [-0.2, 0) is 0 Å². The second-order valence-corrected chi connectivity index (χ2v) is 5.02. The molecule has 0 aromatic heterocycles. The fourth-order valence-corrected chi connectivity index (χ4v) is 2.29. The third kappa shape index (κ3) is 3.50. The Morgan fingerprint density at radius 2 is 1.50 bits per heavy atom. The lowest BCUT2D eigenvalue weighted by atomic mass is 10.0. The van der Waals surface area contributed by atoms with Crippen LogP contribution in [-0.4, -0.2) is 12.1 Å². The molecule has 0 aliphatic rings. The fraction of sp³-hybridized carbons (Fsp3) is 0.0714. The van der Waals surface area contributed by atoms with Crippen LogP contribution in [0.1, 0.15) is 15.9 Å². The van der Waals surface area contributed by atoms with E-state index in [0.29, 0.717) is 9.13 Å². The fourth-order valence-electron chi connectivity index (χ4n) is 1.66. The molecule has 104 valence electrons. The monoisotopic (exact) mass is 392 g/mol. The molecule has 2 nitrogen and oxygen atoms in total. The van der Waals surface area contributed by atoms with E-state index in [1.807, 2.05) is 22.6 Å². The van der Waals surface area contributed by atoms with E-state index in [2.05, 4.69) is 4.74 Å². The summed E-state index contributed by atoms with van der Waals surface area (Å²) in [5.41, 5.74) is 0.222. The van der Waals surface area contributed by atoms with Crippen LogP contribution in [0.3, 0.4) is 0 Å². The van der Waals surface area contributed by atoms with Crippen LogP contribution in [0, 0.1) is 3.57 Å². The molecule has 0 bridgehead atoms. The lowest BCUT2D eigenvalue weighted by Crippen LogP contribution is -2.19. The van der Waals surface area contributed by atoms with Crippen LogP contribution in [0.4, 0.5) is 13.2 Å². The predicted octanol–water partition coefficient (Wildman–Crippen LogP) is 4.42. The van der Waals surface area contributed by atoms with Crippen molar-refractivity contribution < 1.29 is 22.7 Å². The Balaban J connectivity index is 2.43. The molecular formula is C14H8F3IO2. The van der Waals surface area contributed by atoms with Crippen LogP contribution in [0.25, 0.3) is 0 Å². The van der Waals surface area contributed by atoms with Gasteiger partial charge in [0.05, 0.1) is 5.56 Å². The zero-order chi connectivity index (χ0) is 14.8. The van der Waals surface area contributed by atoms with Gasteiger partial charge in [0.15, 0.2) is 5.78 Å². The zero-order valence-corrected chi connectivity index (χ0v) is 12.1. The molecule has 0 fully saturated rings. The first-order valence-electron chi connectivity index (χ1n) is 5.52. The van der Waals surface area contributed by atoms with Gasteiger partial charge in [-0.15, -0.1) is 13.2 Å². The number of carbonyl (C=O) groups excluding carboxylic acids is 1. The molecule has 0 saturated heterocycles. The van der Waals surface area contributed by atoms with Crippen LogP contribution < -0.4 is 4.74 Å². The van der Waals surface area contributed by atoms with Crippen molar-refractivity contribution in [3.63, 3.8) is 0 Å². The number of ketones is 1. The van der Waals surface area contributed by atoms with Gasteiger partial charge < -0.3 is 4.74 Å². The maximum Gasteiger partial charge on any atom is 0.573 e. The molecule has 2 aromatic carbocycles. The molecule has 0 unspecified atom stereocenters. The highest BCUT2D eigenvalue weighted by Gasteiger charge is 2.33. The summed E-state index contributed by atoms with van der Waals surface area (Å²) in [4.78, 5) is 12.3. The SMILES string of the molecule is O=C(c1ccccc1I)c1ccccc1OC(F)(F)F. The number of carbonyl (C=O) groups is 1. The number of benzene rings is 2. The number of para-hydroxylation sites is 1. The molecule has 0 amide bonds. The Kier molecular flexibility index (Phi) is 4.32. The normalized spacial score (nSPS) is 11.2. The maximum atomic E-state index is 12.3. The first-order valence-corrected chi connectivity index (χ1v) is 6.60. The van der Waals surface area contributed by atoms with Gasteiger partial charge in [-0.3, -0.25) is 4.79 Å². The van der Waals surface area contributed by atoms with Gasteiger partial charge in [-0.25, -0.2) is 0 Å². The lowest BCUT2D eigenvalue weighted by molar-refractivity contribution is -0.274. The molecule has 0 heterocycles. The number of ether oxygens (including phenoxy) is 1. The van der Waals surface area contributed by atoms with Crippen molar-refractivity contribution in [2.45, 2.75) is 6.36 Å². The zero-order valence-electron chi connectivity index (χ0n) is 9.95. The van der Waals surface area contributed by atoms with Gasteiger partial charge in [-0.1, -0.05) is 24.3 Å². The molecule has 0 radical (unpaired) electrons. The Labute approximate surface area is 126 Å². The second-order valence-electron chi connectivity index (χ2n) is 3.85. The summed E-state index contributed by atoms with van der Waals surface area (Å²) in [7, 11) is 0. The molecule has 0 N–H and O–H groups in total. The molecule has 6 heteroatoms. The van der Waals surface area contributed by atoms with E-state index in [1.54, 1.807) is 24.3 Å². The number of alkyl halides is 3. The third-order valence-corrected chi connectivity index (χ3v) is 3.42. The minimum absolute atomic E-state index is 0.117. The van der Waals surface area contributed by atoms with Gasteiger partial charge >= 0.3 is 6.36 Å². The Hall–Kier alpha value is -1.57. The Morgan fingerprint density at radius 1 is 0.950 bits per heavy atom. The summed E-state index contributed by atoms with van der Waals surface area (Å²) in [6.45, 7) is 0. The topological polar surface area (TPSA) is 26.3 Å². The largest absolute Gasteiger partial charge is 0.573 e. The third-order valence-electron chi connectivity index (χ3n) is 2.48. The van der Waals surface area contributed by atoms with Crippen molar-refractivity contribution in [1.82, 2.24) is 0 Å². The Bertz CT molecular complexity index is 638. The van der Waals surface area contributed by atoms with Crippen molar-refractivity contribution in [1.29, 1.82) is 0 Å². The summed E-state index contributed by atoms with van der Waals surface area (Å²) < 4.78 is 41.6.